The number of carbonyl (C=O) groups is 1. The number of rotatable bonds is 7. The van der Waals surface area contributed by atoms with Gasteiger partial charge in [-0.15, -0.1) is 0 Å². The molecule has 0 saturated heterocycles. The second kappa shape index (κ2) is 9.67. The molecule has 0 aliphatic heterocycles. The van der Waals surface area contributed by atoms with Crippen molar-refractivity contribution in [3.05, 3.63) is 68.7 Å². The highest BCUT2D eigenvalue weighted by Crippen LogP contribution is 2.16. The molecule has 0 aliphatic rings. The molecule has 0 fully saturated rings. The zero-order valence-corrected chi connectivity index (χ0v) is 18.5. The Morgan fingerprint density at radius 2 is 2.07 bits per heavy atom. The highest BCUT2D eigenvalue weighted by Gasteiger charge is 2.10. The third-order valence-electron chi connectivity index (χ3n) is 4.10. The summed E-state index contributed by atoms with van der Waals surface area (Å²) in [6.07, 6.45) is 1.92. The molecule has 156 valence electrons. The zero-order chi connectivity index (χ0) is 21.7. The molecule has 1 heterocycles. The molecule has 0 amide bonds. The molecule has 3 aromatic rings. The minimum Gasteiger partial charge on any atom is -0.482 e. The van der Waals surface area contributed by atoms with Crippen molar-refractivity contribution in [3.8, 4) is 5.75 Å². The van der Waals surface area contributed by atoms with Crippen molar-refractivity contribution in [1.29, 1.82) is 0 Å². The third-order valence-corrected chi connectivity index (χ3v) is 4.59. The van der Waals surface area contributed by atoms with Crippen LogP contribution in [0.4, 0.5) is 0 Å². The quantitative estimate of drug-likeness (QED) is 0.385. The second-order valence-electron chi connectivity index (χ2n) is 6.80. The number of fused-ring (bicyclic) bond motifs is 1. The number of carbonyl (C=O) groups excluding carboxylic acids is 1. The van der Waals surface area contributed by atoms with Crippen LogP contribution in [-0.4, -0.2) is 34.6 Å². The minimum absolute atomic E-state index is 0.179. The summed E-state index contributed by atoms with van der Waals surface area (Å²) in [7, 11) is 0. The Bertz CT molecular complexity index is 1150. The Morgan fingerprint density at radius 1 is 1.27 bits per heavy atom. The lowest BCUT2D eigenvalue weighted by Gasteiger charge is -2.10. The van der Waals surface area contributed by atoms with Crippen molar-refractivity contribution < 1.29 is 14.3 Å². The molecule has 0 aliphatic carbocycles. The zero-order valence-electron chi connectivity index (χ0n) is 17.0. The number of hydrogen-bond donors (Lipinski definition) is 0. The molecule has 0 bridgehead atoms. The standard InChI is InChI=1S/C22H22BrN3O4/c1-4-20-25-19-9-8-16(23)11-18(19)22(28)26(20)24-12-15-6-5-7-17(10-15)29-13-21(27)30-14(2)3/h5-12,14H,4,13H2,1-3H3. The topological polar surface area (TPSA) is 82.8 Å². The average molecular weight is 472 g/mol. The van der Waals surface area contributed by atoms with E-state index < -0.39 is 5.97 Å². The minimum atomic E-state index is -0.434. The van der Waals surface area contributed by atoms with Crippen molar-refractivity contribution in [2.45, 2.75) is 33.3 Å². The molecule has 7 nitrogen and oxygen atoms in total. The molecular formula is C22H22BrN3O4. The highest BCUT2D eigenvalue weighted by atomic mass is 79.9. The van der Waals surface area contributed by atoms with Gasteiger partial charge in [0.2, 0.25) is 0 Å². The second-order valence-corrected chi connectivity index (χ2v) is 7.72. The SMILES string of the molecule is CCc1nc2ccc(Br)cc2c(=O)n1N=Cc1cccc(OCC(=O)OC(C)C)c1. The van der Waals surface area contributed by atoms with E-state index in [0.29, 0.717) is 34.5 Å². The van der Waals surface area contributed by atoms with Crippen LogP contribution in [-0.2, 0) is 16.0 Å². The van der Waals surface area contributed by atoms with Crippen LogP contribution in [0, 0.1) is 0 Å². The fourth-order valence-corrected chi connectivity index (χ4v) is 3.15. The van der Waals surface area contributed by atoms with Crippen molar-refractivity contribution >= 4 is 39.0 Å². The first-order valence-electron chi connectivity index (χ1n) is 9.55. The van der Waals surface area contributed by atoms with Gasteiger partial charge in [0.1, 0.15) is 11.6 Å². The number of esters is 1. The molecule has 3 rings (SSSR count). The van der Waals surface area contributed by atoms with E-state index in [1.54, 1.807) is 50.4 Å². The molecular weight excluding hydrogens is 450 g/mol. The molecule has 2 aromatic carbocycles. The summed E-state index contributed by atoms with van der Waals surface area (Å²) in [4.78, 5) is 29.1. The van der Waals surface area contributed by atoms with Crippen molar-refractivity contribution in [1.82, 2.24) is 9.66 Å². The molecule has 8 heteroatoms. The monoisotopic (exact) mass is 471 g/mol. The molecule has 0 unspecified atom stereocenters. The number of nitrogens with zero attached hydrogens (tertiary/aromatic N) is 3. The number of benzene rings is 2. The van der Waals surface area contributed by atoms with Gasteiger partial charge in [-0.05, 0) is 49.7 Å². The van der Waals surface area contributed by atoms with Gasteiger partial charge in [0.05, 0.1) is 23.2 Å². The summed E-state index contributed by atoms with van der Waals surface area (Å²) >= 11 is 3.39. The van der Waals surface area contributed by atoms with Crippen LogP contribution in [0.3, 0.4) is 0 Å². The van der Waals surface area contributed by atoms with E-state index in [1.165, 1.54) is 4.68 Å². The van der Waals surface area contributed by atoms with Gasteiger partial charge < -0.3 is 9.47 Å². The Balaban J connectivity index is 1.85. The first kappa shape index (κ1) is 21.7. The predicted octanol–water partition coefficient (Wildman–Crippen LogP) is 3.93. The van der Waals surface area contributed by atoms with E-state index in [0.717, 1.165) is 4.47 Å². The lowest BCUT2D eigenvalue weighted by molar-refractivity contribution is -0.149. The van der Waals surface area contributed by atoms with Gasteiger partial charge in [-0.3, -0.25) is 4.79 Å². The highest BCUT2D eigenvalue weighted by molar-refractivity contribution is 9.10. The van der Waals surface area contributed by atoms with E-state index in [2.05, 4.69) is 26.0 Å². The van der Waals surface area contributed by atoms with Crippen LogP contribution >= 0.6 is 15.9 Å². The van der Waals surface area contributed by atoms with Crippen LogP contribution < -0.4 is 10.3 Å². The Labute approximate surface area is 182 Å². The third kappa shape index (κ3) is 5.33. The largest absolute Gasteiger partial charge is 0.482 e. The van der Waals surface area contributed by atoms with Crippen LogP contribution in [0.5, 0.6) is 5.75 Å². The maximum absolute atomic E-state index is 12.9. The molecule has 0 radical (unpaired) electrons. The number of ether oxygens (including phenoxy) is 2. The van der Waals surface area contributed by atoms with Crippen LogP contribution in [0.2, 0.25) is 0 Å². The van der Waals surface area contributed by atoms with Gasteiger partial charge in [-0.2, -0.15) is 9.78 Å². The van der Waals surface area contributed by atoms with Gasteiger partial charge in [0, 0.05) is 10.9 Å². The Kier molecular flexibility index (Phi) is 6.99. The molecule has 1 aromatic heterocycles. The van der Waals surface area contributed by atoms with E-state index in [4.69, 9.17) is 9.47 Å². The molecule has 30 heavy (non-hydrogen) atoms. The van der Waals surface area contributed by atoms with Gasteiger partial charge in [0.25, 0.3) is 5.56 Å². The Morgan fingerprint density at radius 3 is 2.80 bits per heavy atom. The van der Waals surface area contributed by atoms with Gasteiger partial charge >= 0.3 is 5.97 Å². The summed E-state index contributed by atoms with van der Waals surface area (Å²) in [5.41, 5.74) is 1.11. The number of aryl methyl sites for hydroxylation is 1. The van der Waals surface area contributed by atoms with Gasteiger partial charge in [-0.1, -0.05) is 35.0 Å². The summed E-state index contributed by atoms with van der Waals surface area (Å²) in [6, 6.07) is 12.5. The van der Waals surface area contributed by atoms with Crippen LogP contribution in [0.1, 0.15) is 32.2 Å². The first-order valence-corrected chi connectivity index (χ1v) is 10.3. The molecule has 0 N–H and O–H groups in total. The van der Waals surface area contributed by atoms with Crippen LogP contribution in [0.25, 0.3) is 10.9 Å². The number of halogens is 1. The molecule has 0 atom stereocenters. The van der Waals surface area contributed by atoms with Crippen molar-refractivity contribution in [2.75, 3.05) is 6.61 Å². The average Bonchev–Trinajstić information content (AvgIpc) is 2.71. The van der Waals surface area contributed by atoms with Crippen molar-refractivity contribution in [2.24, 2.45) is 5.10 Å². The summed E-state index contributed by atoms with van der Waals surface area (Å²) in [6.45, 7) is 5.30. The maximum atomic E-state index is 12.9. The van der Waals surface area contributed by atoms with Gasteiger partial charge in [-0.25, -0.2) is 9.78 Å². The fourth-order valence-electron chi connectivity index (χ4n) is 2.79. The maximum Gasteiger partial charge on any atom is 0.344 e. The van der Waals surface area contributed by atoms with E-state index in [-0.39, 0.29) is 18.3 Å². The van der Waals surface area contributed by atoms with Crippen LogP contribution in [0.15, 0.2) is 56.8 Å². The van der Waals surface area contributed by atoms with E-state index >= 15 is 0 Å². The van der Waals surface area contributed by atoms with Gasteiger partial charge in [0.15, 0.2) is 6.61 Å². The number of aromatic nitrogens is 2. The smallest absolute Gasteiger partial charge is 0.344 e. The Hall–Kier alpha value is -3.00. The normalized spacial score (nSPS) is 11.4. The first-order chi connectivity index (χ1) is 14.4. The fraction of sp³-hybridized carbons (Fsp3) is 0.273. The molecule has 0 spiro atoms. The summed E-state index contributed by atoms with van der Waals surface area (Å²) < 4.78 is 12.6. The summed E-state index contributed by atoms with van der Waals surface area (Å²) in [5.74, 6) is 0.634. The summed E-state index contributed by atoms with van der Waals surface area (Å²) in [5, 5.41) is 4.84. The lowest BCUT2D eigenvalue weighted by Crippen LogP contribution is -2.22. The molecule has 0 saturated carbocycles. The lowest BCUT2D eigenvalue weighted by atomic mass is 10.2. The van der Waals surface area contributed by atoms with E-state index in [1.807, 2.05) is 19.1 Å². The van der Waals surface area contributed by atoms with E-state index in [9.17, 15) is 9.59 Å². The predicted molar refractivity (Wildman–Crippen MR) is 119 cm³/mol. The van der Waals surface area contributed by atoms with Crippen molar-refractivity contribution in [3.63, 3.8) is 0 Å². The number of hydrogen-bond acceptors (Lipinski definition) is 6.